The Bertz CT molecular complexity index is 1090. The van der Waals surface area contributed by atoms with Crippen LogP contribution in [0, 0.1) is 0 Å². The number of hydrogen-bond donors (Lipinski definition) is 3. The van der Waals surface area contributed by atoms with Gasteiger partial charge in [-0.2, -0.15) is 0 Å². The molecule has 3 rings (SSSR count). The van der Waals surface area contributed by atoms with E-state index in [4.69, 9.17) is 14.2 Å². The molecule has 208 valence electrons. The molecule has 0 fully saturated rings. The largest absolute Gasteiger partial charge is 0.493 e. The molecular formula is C28H38N2O8. The standard InChI is InChI=1S/C28H38N2O8/c1-16(2)11-23(33)30(8-6-10-37-17(3)4)21-14-20(28(35)29-7-9-31)24-19-12-18(15-32)13-22(36-5)26(19)38-27(24)25(21)34/h11-15,17,21,24-25,27,31,34H,6-10H2,1-5H3,(H,29,35). The number of allylic oxidation sites excluding steroid dienone is 1. The SMILES string of the molecule is COc1cc(C=O)cc2c1OC1C2C(C(=O)NCCO)=CC(N(CCCOC(C)C)C(=O)C=C(C)C)C1O. The monoisotopic (exact) mass is 530 g/mol. The number of aldehydes is 1. The molecule has 0 bridgehead atoms. The Kier molecular flexibility index (Phi) is 10.1. The zero-order valence-electron chi connectivity index (χ0n) is 22.6. The fourth-order valence-electron chi connectivity index (χ4n) is 4.85. The van der Waals surface area contributed by atoms with Gasteiger partial charge in [0.1, 0.15) is 18.5 Å². The van der Waals surface area contributed by atoms with Gasteiger partial charge >= 0.3 is 0 Å². The van der Waals surface area contributed by atoms with Gasteiger partial charge in [0.05, 0.1) is 31.8 Å². The van der Waals surface area contributed by atoms with Crippen LogP contribution in [0.3, 0.4) is 0 Å². The third-order valence-electron chi connectivity index (χ3n) is 6.46. The number of aliphatic hydroxyl groups is 2. The Balaban J connectivity index is 2.08. The zero-order chi connectivity index (χ0) is 28.0. The maximum atomic E-state index is 13.3. The normalized spacial score (nSPS) is 21.5. The summed E-state index contributed by atoms with van der Waals surface area (Å²) in [6.45, 7) is 7.95. The molecule has 1 heterocycles. The number of hydrogen-bond acceptors (Lipinski definition) is 8. The summed E-state index contributed by atoms with van der Waals surface area (Å²) in [6.07, 6.45) is 2.21. The van der Waals surface area contributed by atoms with E-state index in [1.54, 1.807) is 12.1 Å². The summed E-state index contributed by atoms with van der Waals surface area (Å²) in [5, 5.41) is 23.5. The predicted molar refractivity (Wildman–Crippen MR) is 140 cm³/mol. The van der Waals surface area contributed by atoms with E-state index in [-0.39, 0.29) is 37.3 Å². The number of carbonyl (C=O) groups is 3. The molecule has 3 N–H and O–H groups in total. The van der Waals surface area contributed by atoms with Crippen LogP contribution < -0.4 is 14.8 Å². The highest BCUT2D eigenvalue weighted by Crippen LogP contribution is 2.51. The van der Waals surface area contributed by atoms with Crippen LogP contribution in [-0.4, -0.2) is 91.0 Å². The second-order valence-electron chi connectivity index (χ2n) is 9.93. The number of fused-ring (bicyclic) bond motifs is 3. The van der Waals surface area contributed by atoms with Crippen molar-refractivity contribution in [1.82, 2.24) is 10.2 Å². The van der Waals surface area contributed by atoms with Gasteiger partial charge in [0.2, 0.25) is 11.8 Å². The summed E-state index contributed by atoms with van der Waals surface area (Å²) < 4.78 is 17.3. The zero-order valence-corrected chi connectivity index (χ0v) is 22.6. The van der Waals surface area contributed by atoms with Crippen LogP contribution in [0.4, 0.5) is 0 Å². The van der Waals surface area contributed by atoms with Crippen molar-refractivity contribution in [2.45, 2.75) is 64.4 Å². The van der Waals surface area contributed by atoms with Crippen LogP contribution in [0.1, 0.15) is 56.0 Å². The number of methoxy groups -OCH3 is 1. The molecule has 10 nitrogen and oxygen atoms in total. The molecule has 2 amide bonds. The Morgan fingerprint density at radius 1 is 1.26 bits per heavy atom. The molecule has 0 radical (unpaired) electrons. The molecule has 0 saturated carbocycles. The van der Waals surface area contributed by atoms with E-state index in [1.807, 2.05) is 27.7 Å². The predicted octanol–water partition coefficient (Wildman–Crippen LogP) is 1.74. The number of carbonyl (C=O) groups excluding carboxylic acids is 3. The van der Waals surface area contributed by atoms with Crippen molar-refractivity contribution in [3.05, 3.63) is 46.6 Å². The van der Waals surface area contributed by atoms with Crippen molar-refractivity contribution in [2.24, 2.45) is 0 Å². The minimum atomic E-state index is -1.19. The first-order chi connectivity index (χ1) is 18.1. The van der Waals surface area contributed by atoms with Crippen molar-refractivity contribution >= 4 is 18.1 Å². The molecule has 0 saturated heterocycles. The van der Waals surface area contributed by atoms with Gasteiger partial charge < -0.3 is 34.6 Å². The van der Waals surface area contributed by atoms with Crippen LogP contribution in [0.25, 0.3) is 0 Å². The van der Waals surface area contributed by atoms with E-state index in [2.05, 4.69) is 5.32 Å². The average Bonchev–Trinajstić information content (AvgIpc) is 3.26. The molecular weight excluding hydrogens is 492 g/mol. The maximum Gasteiger partial charge on any atom is 0.247 e. The number of nitrogens with one attached hydrogen (secondary N) is 1. The topological polar surface area (TPSA) is 135 Å². The van der Waals surface area contributed by atoms with Gasteiger partial charge in [0.15, 0.2) is 11.5 Å². The lowest BCUT2D eigenvalue weighted by Gasteiger charge is -2.40. The van der Waals surface area contributed by atoms with Gasteiger partial charge in [-0.15, -0.1) is 0 Å². The minimum Gasteiger partial charge on any atom is -0.493 e. The fourth-order valence-corrected chi connectivity index (χ4v) is 4.85. The molecule has 4 unspecified atom stereocenters. The highest BCUT2D eigenvalue weighted by Gasteiger charge is 2.51. The van der Waals surface area contributed by atoms with Crippen molar-refractivity contribution in [3.8, 4) is 11.5 Å². The molecule has 0 aromatic heterocycles. The van der Waals surface area contributed by atoms with E-state index in [9.17, 15) is 24.6 Å². The van der Waals surface area contributed by atoms with Crippen LogP contribution in [-0.2, 0) is 14.3 Å². The van der Waals surface area contributed by atoms with E-state index in [1.165, 1.54) is 24.2 Å². The van der Waals surface area contributed by atoms with Crippen molar-refractivity contribution < 1.29 is 38.8 Å². The molecule has 1 aromatic rings. The fraction of sp³-hybridized carbons (Fsp3) is 0.536. The maximum absolute atomic E-state index is 13.3. The Morgan fingerprint density at radius 3 is 2.61 bits per heavy atom. The van der Waals surface area contributed by atoms with Crippen LogP contribution in [0.5, 0.6) is 11.5 Å². The molecule has 1 aromatic carbocycles. The summed E-state index contributed by atoms with van der Waals surface area (Å²) in [5.74, 6) is -0.842. The number of amides is 2. The second kappa shape index (κ2) is 13.0. The van der Waals surface area contributed by atoms with E-state index in [0.29, 0.717) is 41.9 Å². The summed E-state index contributed by atoms with van der Waals surface area (Å²) in [7, 11) is 1.44. The van der Waals surface area contributed by atoms with E-state index < -0.39 is 30.1 Å². The first kappa shape index (κ1) is 29.3. The number of rotatable bonds is 12. The highest BCUT2D eigenvalue weighted by atomic mass is 16.5. The average molecular weight is 531 g/mol. The van der Waals surface area contributed by atoms with Crippen LogP contribution >= 0.6 is 0 Å². The third kappa shape index (κ3) is 6.43. The lowest BCUT2D eigenvalue weighted by atomic mass is 9.77. The Morgan fingerprint density at radius 2 is 2.00 bits per heavy atom. The van der Waals surface area contributed by atoms with E-state index >= 15 is 0 Å². The molecule has 2 aliphatic rings. The number of nitrogens with zero attached hydrogens (tertiary/aromatic N) is 1. The van der Waals surface area contributed by atoms with Gasteiger partial charge in [-0.3, -0.25) is 14.4 Å². The Labute approximate surface area is 223 Å². The quantitative estimate of drug-likeness (QED) is 0.211. The second-order valence-corrected chi connectivity index (χ2v) is 9.93. The first-order valence-corrected chi connectivity index (χ1v) is 12.8. The van der Waals surface area contributed by atoms with Gasteiger partial charge in [0, 0.05) is 42.5 Å². The van der Waals surface area contributed by atoms with Gasteiger partial charge in [-0.25, -0.2) is 0 Å². The third-order valence-corrected chi connectivity index (χ3v) is 6.46. The highest BCUT2D eigenvalue weighted by molar-refractivity contribution is 5.97. The van der Waals surface area contributed by atoms with Gasteiger partial charge in [0.25, 0.3) is 0 Å². The molecule has 0 spiro atoms. The lowest BCUT2D eigenvalue weighted by Crippen LogP contribution is -2.55. The number of benzene rings is 1. The van der Waals surface area contributed by atoms with Crippen molar-refractivity contribution in [1.29, 1.82) is 0 Å². The number of aliphatic hydroxyl groups excluding tert-OH is 2. The van der Waals surface area contributed by atoms with Crippen LogP contribution in [0.2, 0.25) is 0 Å². The molecule has 10 heteroatoms. The lowest BCUT2D eigenvalue weighted by molar-refractivity contribution is -0.132. The molecule has 38 heavy (non-hydrogen) atoms. The summed E-state index contributed by atoms with van der Waals surface area (Å²) in [4.78, 5) is 39.7. The van der Waals surface area contributed by atoms with Gasteiger partial charge in [-0.05, 0) is 52.3 Å². The van der Waals surface area contributed by atoms with Crippen LogP contribution in [0.15, 0.2) is 35.4 Å². The van der Waals surface area contributed by atoms with Crippen molar-refractivity contribution in [2.75, 3.05) is 33.4 Å². The summed E-state index contributed by atoms with van der Waals surface area (Å²) in [5.41, 5.74) is 1.94. The smallest absolute Gasteiger partial charge is 0.247 e. The Hall–Kier alpha value is -3.21. The molecule has 1 aliphatic carbocycles. The van der Waals surface area contributed by atoms with Gasteiger partial charge in [-0.1, -0.05) is 5.57 Å². The van der Waals surface area contributed by atoms with E-state index in [0.717, 1.165) is 5.57 Å². The molecule has 1 aliphatic heterocycles. The minimum absolute atomic E-state index is 0.0269. The summed E-state index contributed by atoms with van der Waals surface area (Å²) >= 11 is 0. The summed E-state index contributed by atoms with van der Waals surface area (Å²) in [6, 6.07) is 2.27. The first-order valence-electron chi connectivity index (χ1n) is 12.8. The number of ether oxygens (including phenoxy) is 3. The molecule has 4 atom stereocenters. The van der Waals surface area contributed by atoms with Crippen molar-refractivity contribution in [3.63, 3.8) is 0 Å².